The summed E-state index contributed by atoms with van der Waals surface area (Å²) in [5, 5.41) is 5.02. The van der Waals surface area contributed by atoms with Gasteiger partial charge in [-0.05, 0) is 24.7 Å². The molecule has 5 nitrogen and oxygen atoms in total. The summed E-state index contributed by atoms with van der Waals surface area (Å²) in [6.07, 6.45) is 3.33. The quantitative estimate of drug-likeness (QED) is 0.802. The fourth-order valence-electron chi connectivity index (χ4n) is 1.76. The molecule has 2 rings (SSSR count). The zero-order chi connectivity index (χ0) is 12.3. The van der Waals surface area contributed by atoms with E-state index in [9.17, 15) is 4.79 Å². The summed E-state index contributed by atoms with van der Waals surface area (Å²) in [5.74, 6) is -0.137. The second-order valence-corrected chi connectivity index (χ2v) is 5.39. The molecule has 94 valence electrons. The van der Waals surface area contributed by atoms with Crippen LogP contribution in [0.4, 0.5) is 5.13 Å². The predicted molar refractivity (Wildman–Crippen MR) is 67.0 cm³/mol. The molecule has 1 fully saturated rings. The average Bonchev–Trinajstić information content (AvgIpc) is 2.97. The third kappa shape index (κ3) is 3.17. The zero-order valence-electron chi connectivity index (χ0n) is 9.86. The smallest absolute Gasteiger partial charge is 0.270 e. The standard InChI is InChI=1S/C11H17N3O2S/c1-16-5-4-11(2-3-11)7-13-9(15)8-6-17-10(12)14-8/h6H,2-5,7H2,1H3,(H2,12,14)(H,13,15). The van der Waals surface area contributed by atoms with Crippen molar-refractivity contribution in [2.45, 2.75) is 19.3 Å². The Hall–Kier alpha value is -1.14. The Labute approximate surface area is 104 Å². The van der Waals surface area contributed by atoms with Crippen molar-refractivity contribution in [2.75, 3.05) is 26.0 Å². The topological polar surface area (TPSA) is 77.2 Å². The molecule has 1 aromatic heterocycles. The number of nitrogen functional groups attached to an aromatic ring is 1. The SMILES string of the molecule is COCCC1(CNC(=O)c2csc(N)n2)CC1. The van der Waals surface area contributed by atoms with Gasteiger partial charge in [0.15, 0.2) is 5.13 Å². The number of aromatic nitrogens is 1. The molecule has 1 aliphatic rings. The molecule has 17 heavy (non-hydrogen) atoms. The number of ether oxygens (including phenoxy) is 1. The average molecular weight is 255 g/mol. The summed E-state index contributed by atoms with van der Waals surface area (Å²) < 4.78 is 5.07. The predicted octanol–water partition coefficient (Wildman–Crippen LogP) is 1.27. The summed E-state index contributed by atoms with van der Waals surface area (Å²) in [7, 11) is 1.70. The largest absolute Gasteiger partial charge is 0.385 e. The Morgan fingerprint density at radius 1 is 1.71 bits per heavy atom. The highest BCUT2D eigenvalue weighted by Crippen LogP contribution is 2.48. The second-order valence-electron chi connectivity index (χ2n) is 4.50. The van der Waals surface area contributed by atoms with Gasteiger partial charge in [-0.15, -0.1) is 11.3 Å². The molecule has 0 unspecified atom stereocenters. The number of thiazole rings is 1. The molecule has 0 bridgehead atoms. The maximum Gasteiger partial charge on any atom is 0.270 e. The van der Waals surface area contributed by atoms with Gasteiger partial charge in [0.1, 0.15) is 5.69 Å². The Kier molecular flexibility index (Phi) is 3.63. The van der Waals surface area contributed by atoms with Crippen molar-refractivity contribution in [2.24, 2.45) is 5.41 Å². The molecule has 1 heterocycles. The number of nitrogens with two attached hydrogens (primary N) is 1. The second kappa shape index (κ2) is 5.01. The van der Waals surface area contributed by atoms with Gasteiger partial charge in [0.05, 0.1) is 0 Å². The minimum Gasteiger partial charge on any atom is -0.385 e. The lowest BCUT2D eigenvalue weighted by atomic mass is 10.0. The van der Waals surface area contributed by atoms with Crippen LogP contribution in [0.5, 0.6) is 0 Å². The molecule has 0 saturated heterocycles. The minimum absolute atomic E-state index is 0.137. The fourth-order valence-corrected chi connectivity index (χ4v) is 2.30. The number of hydrogen-bond acceptors (Lipinski definition) is 5. The lowest BCUT2D eigenvalue weighted by Gasteiger charge is -2.14. The Balaban J connectivity index is 1.80. The maximum atomic E-state index is 11.8. The van der Waals surface area contributed by atoms with E-state index in [0.29, 0.717) is 17.4 Å². The number of methoxy groups -OCH3 is 1. The van der Waals surface area contributed by atoms with Gasteiger partial charge in [0.25, 0.3) is 5.91 Å². The van der Waals surface area contributed by atoms with E-state index in [0.717, 1.165) is 25.9 Å². The van der Waals surface area contributed by atoms with Gasteiger partial charge in [-0.25, -0.2) is 4.98 Å². The molecular weight excluding hydrogens is 238 g/mol. The minimum atomic E-state index is -0.137. The molecule has 0 radical (unpaired) electrons. The van der Waals surface area contributed by atoms with Crippen LogP contribution in [0.25, 0.3) is 0 Å². The van der Waals surface area contributed by atoms with E-state index >= 15 is 0 Å². The lowest BCUT2D eigenvalue weighted by Crippen LogP contribution is -2.31. The molecule has 1 amide bonds. The van der Waals surface area contributed by atoms with Gasteiger partial charge in [-0.1, -0.05) is 0 Å². The van der Waals surface area contributed by atoms with Crippen molar-refractivity contribution in [1.29, 1.82) is 0 Å². The number of carbonyl (C=O) groups is 1. The van der Waals surface area contributed by atoms with Crippen LogP contribution in [0.3, 0.4) is 0 Å². The van der Waals surface area contributed by atoms with Crippen molar-refractivity contribution in [3.63, 3.8) is 0 Å². The summed E-state index contributed by atoms with van der Waals surface area (Å²) >= 11 is 1.28. The van der Waals surface area contributed by atoms with Gasteiger partial charge >= 0.3 is 0 Å². The van der Waals surface area contributed by atoms with E-state index in [1.54, 1.807) is 12.5 Å². The van der Waals surface area contributed by atoms with Crippen molar-refractivity contribution < 1.29 is 9.53 Å². The van der Waals surface area contributed by atoms with Crippen molar-refractivity contribution >= 4 is 22.4 Å². The van der Waals surface area contributed by atoms with Crippen molar-refractivity contribution in [1.82, 2.24) is 10.3 Å². The van der Waals surface area contributed by atoms with Crippen LogP contribution < -0.4 is 11.1 Å². The Bertz CT molecular complexity index is 401. The monoisotopic (exact) mass is 255 g/mol. The van der Waals surface area contributed by atoms with E-state index in [4.69, 9.17) is 10.5 Å². The van der Waals surface area contributed by atoms with E-state index < -0.39 is 0 Å². The molecule has 1 saturated carbocycles. The Morgan fingerprint density at radius 3 is 3.00 bits per heavy atom. The molecule has 0 spiro atoms. The number of nitrogens with zero attached hydrogens (tertiary/aromatic N) is 1. The molecular formula is C11H17N3O2S. The molecule has 0 aromatic carbocycles. The highest BCUT2D eigenvalue weighted by molar-refractivity contribution is 7.13. The van der Waals surface area contributed by atoms with E-state index in [1.165, 1.54) is 11.3 Å². The lowest BCUT2D eigenvalue weighted by molar-refractivity contribution is 0.0933. The summed E-state index contributed by atoms with van der Waals surface area (Å²) in [6, 6.07) is 0. The molecule has 0 atom stereocenters. The third-order valence-corrected chi connectivity index (χ3v) is 3.85. The first-order chi connectivity index (χ1) is 8.15. The molecule has 6 heteroatoms. The van der Waals surface area contributed by atoms with Crippen LogP contribution >= 0.6 is 11.3 Å². The number of rotatable bonds is 6. The van der Waals surface area contributed by atoms with Gasteiger partial charge in [-0.3, -0.25) is 4.79 Å². The summed E-state index contributed by atoms with van der Waals surface area (Å²) in [5.41, 5.74) is 6.16. The maximum absolute atomic E-state index is 11.8. The third-order valence-electron chi connectivity index (χ3n) is 3.17. The van der Waals surface area contributed by atoms with E-state index in [1.807, 2.05) is 0 Å². The normalized spacial score (nSPS) is 16.8. The first kappa shape index (κ1) is 12.3. The van der Waals surface area contributed by atoms with Crippen molar-refractivity contribution in [3.05, 3.63) is 11.1 Å². The number of nitrogens with one attached hydrogen (secondary N) is 1. The summed E-state index contributed by atoms with van der Waals surface area (Å²) in [4.78, 5) is 15.7. The number of carbonyl (C=O) groups excluding carboxylic acids is 1. The van der Waals surface area contributed by atoms with Gasteiger partial charge in [0, 0.05) is 25.6 Å². The first-order valence-corrected chi connectivity index (χ1v) is 6.51. The van der Waals surface area contributed by atoms with Crippen LogP contribution in [-0.4, -0.2) is 31.2 Å². The van der Waals surface area contributed by atoms with Crippen LogP contribution in [-0.2, 0) is 4.74 Å². The Morgan fingerprint density at radius 2 is 2.47 bits per heavy atom. The number of anilines is 1. The molecule has 1 aromatic rings. The highest BCUT2D eigenvalue weighted by Gasteiger charge is 2.42. The first-order valence-electron chi connectivity index (χ1n) is 5.63. The van der Waals surface area contributed by atoms with Gasteiger partial charge < -0.3 is 15.8 Å². The molecule has 3 N–H and O–H groups in total. The highest BCUT2D eigenvalue weighted by atomic mass is 32.1. The number of hydrogen-bond donors (Lipinski definition) is 2. The molecule has 1 aliphatic carbocycles. The van der Waals surface area contributed by atoms with Crippen LogP contribution in [0.1, 0.15) is 29.8 Å². The van der Waals surface area contributed by atoms with Crippen LogP contribution in [0.15, 0.2) is 5.38 Å². The van der Waals surface area contributed by atoms with E-state index in [2.05, 4.69) is 10.3 Å². The zero-order valence-corrected chi connectivity index (χ0v) is 10.7. The van der Waals surface area contributed by atoms with Gasteiger partial charge in [0.2, 0.25) is 0 Å². The van der Waals surface area contributed by atoms with E-state index in [-0.39, 0.29) is 11.3 Å². The number of amides is 1. The molecule has 0 aliphatic heterocycles. The summed E-state index contributed by atoms with van der Waals surface area (Å²) in [6.45, 7) is 1.45. The van der Waals surface area contributed by atoms with Crippen LogP contribution in [0.2, 0.25) is 0 Å². The van der Waals surface area contributed by atoms with Crippen molar-refractivity contribution in [3.8, 4) is 0 Å². The van der Waals surface area contributed by atoms with Crippen LogP contribution in [0, 0.1) is 5.41 Å². The fraction of sp³-hybridized carbons (Fsp3) is 0.636. The van der Waals surface area contributed by atoms with Gasteiger partial charge in [-0.2, -0.15) is 0 Å².